The Labute approximate surface area is 119 Å². The molecule has 1 unspecified atom stereocenters. The highest BCUT2D eigenvalue weighted by Crippen LogP contribution is 2.07. The number of thioether (sulfide) groups is 1. The molecular formula is C15H21N3S. The van der Waals surface area contributed by atoms with Crippen LogP contribution >= 0.6 is 11.8 Å². The number of para-hydroxylation sites is 1. The van der Waals surface area contributed by atoms with Gasteiger partial charge in [-0.25, -0.2) is 4.68 Å². The van der Waals surface area contributed by atoms with Gasteiger partial charge >= 0.3 is 0 Å². The van der Waals surface area contributed by atoms with Gasteiger partial charge in [0.1, 0.15) is 0 Å². The number of nitrogens with zero attached hydrogens (tertiary/aromatic N) is 2. The van der Waals surface area contributed by atoms with E-state index >= 15 is 0 Å². The fourth-order valence-electron chi connectivity index (χ4n) is 1.95. The highest BCUT2D eigenvalue weighted by atomic mass is 32.2. The molecule has 102 valence electrons. The van der Waals surface area contributed by atoms with Crippen LogP contribution in [0.3, 0.4) is 0 Å². The topological polar surface area (TPSA) is 29.9 Å². The van der Waals surface area contributed by atoms with Gasteiger partial charge in [-0.2, -0.15) is 16.9 Å². The second-order valence-corrected chi connectivity index (χ2v) is 5.44. The number of rotatable bonds is 7. The first-order valence-corrected chi connectivity index (χ1v) is 8.05. The van der Waals surface area contributed by atoms with Crippen LogP contribution < -0.4 is 5.32 Å². The fraction of sp³-hybridized carbons (Fsp3) is 0.400. The quantitative estimate of drug-likeness (QED) is 0.842. The van der Waals surface area contributed by atoms with Crippen molar-refractivity contribution in [3.8, 4) is 5.69 Å². The van der Waals surface area contributed by atoms with E-state index in [1.165, 1.54) is 0 Å². The van der Waals surface area contributed by atoms with Crippen molar-refractivity contribution < 1.29 is 0 Å². The van der Waals surface area contributed by atoms with E-state index in [9.17, 15) is 0 Å². The molecule has 0 fully saturated rings. The van der Waals surface area contributed by atoms with Crippen LogP contribution in [0.5, 0.6) is 0 Å². The third-order valence-corrected chi connectivity index (χ3v) is 3.83. The van der Waals surface area contributed by atoms with E-state index in [0.717, 1.165) is 30.1 Å². The van der Waals surface area contributed by atoms with Crippen molar-refractivity contribution in [2.75, 3.05) is 12.0 Å². The van der Waals surface area contributed by atoms with Crippen LogP contribution in [0.15, 0.2) is 42.6 Å². The van der Waals surface area contributed by atoms with E-state index in [-0.39, 0.29) is 0 Å². The molecule has 0 aliphatic rings. The summed E-state index contributed by atoms with van der Waals surface area (Å²) in [6.45, 7) is 3.05. The Morgan fingerprint density at radius 2 is 2.05 bits per heavy atom. The standard InChI is InChI=1S/C15H21N3S/c1-3-13(12-19-2)16-11-14-9-10-18(17-14)15-7-5-4-6-8-15/h4-10,13,16H,3,11-12H2,1-2H3. The molecular weight excluding hydrogens is 254 g/mol. The van der Waals surface area contributed by atoms with Gasteiger partial charge < -0.3 is 5.32 Å². The normalized spacial score (nSPS) is 12.5. The summed E-state index contributed by atoms with van der Waals surface area (Å²) in [6, 6.07) is 12.8. The number of nitrogens with one attached hydrogen (secondary N) is 1. The third kappa shape index (κ3) is 4.11. The van der Waals surface area contributed by atoms with E-state index in [0.29, 0.717) is 6.04 Å². The summed E-state index contributed by atoms with van der Waals surface area (Å²) < 4.78 is 1.92. The van der Waals surface area contributed by atoms with Gasteiger partial charge in [0.25, 0.3) is 0 Å². The van der Waals surface area contributed by atoms with Gasteiger partial charge in [0, 0.05) is 24.5 Å². The summed E-state index contributed by atoms with van der Waals surface area (Å²) in [5.41, 5.74) is 2.19. The number of benzene rings is 1. The highest BCUT2D eigenvalue weighted by molar-refractivity contribution is 7.98. The molecule has 1 atom stereocenters. The van der Waals surface area contributed by atoms with E-state index < -0.39 is 0 Å². The molecule has 2 rings (SSSR count). The van der Waals surface area contributed by atoms with Crippen molar-refractivity contribution >= 4 is 11.8 Å². The van der Waals surface area contributed by atoms with Crippen LogP contribution in [0.25, 0.3) is 5.69 Å². The minimum absolute atomic E-state index is 0.567. The van der Waals surface area contributed by atoms with Crippen LogP contribution in [0, 0.1) is 0 Å². The van der Waals surface area contributed by atoms with Crippen molar-refractivity contribution in [1.82, 2.24) is 15.1 Å². The summed E-state index contributed by atoms with van der Waals surface area (Å²) >= 11 is 1.88. The molecule has 3 nitrogen and oxygen atoms in total. The van der Waals surface area contributed by atoms with Crippen LogP contribution in [-0.2, 0) is 6.54 Å². The van der Waals surface area contributed by atoms with Gasteiger partial charge in [-0.1, -0.05) is 25.1 Å². The minimum Gasteiger partial charge on any atom is -0.307 e. The lowest BCUT2D eigenvalue weighted by atomic mass is 10.2. The van der Waals surface area contributed by atoms with Crippen molar-refractivity contribution in [3.63, 3.8) is 0 Å². The maximum absolute atomic E-state index is 4.59. The molecule has 0 aliphatic carbocycles. The average molecular weight is 275 g/mol. The van der Waals surface area contributed by atoms with Crippen molar-refractivity contribution in [2.24, 2.45) is 0 Å². The Balaban J connectivity index is 1.94. The van der Waals surface area contributed by atoms with Gasteiger partial charge in [-0.05, 0) is 30.9 Å². The van der Waals surface area contributed by atoms with Gasteiger partial charge in [-0.15, -0.1) is 0 Å². The maximum atomic E-state index is 4.59. The molecule has 2 aromatic rings. The largest absolute Gasteiger partial charge is 0.307 e. The molecule has 0 spiro atoms. The Morgan fingerprint density at radius 3 is 2.74 bits per heavy atom. The lowest BCUT2D eigenvalue weighted by molar-refractivity contribution is 0.534. The van der Waals surface area contributed by atoms with Crippen LogP contribution in [0.2, 0.25) is 0 Å². The van der Waals surface area contributed by atoms with Crippen molar-refractivity contribution in [2.45, 2.75) is 25.9 Å². The zero-order valence-electron chi connectivity index (χ0n) is 11.5. The number of hydrogen-bond acceptors (Lipinski definition) is 3. The molecule has 4 heteroatoms. The Kier molecular flexibility index (Phi) is 5.48. The summed E-state index contributed by atoms with van der Waals surface area (Å²) in [4.78, 5) is 0. The monoisotopic (exact) mass is 275 g/mol. The maximum Gasteiger partial charge on any atom is 0.0766 e. The van der Waals surface area contributed by atoms with E-state index in [2.05, 4.69) is 41.8 Å². The molecule has 0 bridgehead atoms. The zero-order valence-corrected chi connectivity index (χ0v) is 12.4. The first-order chi connectivity index (χ1) is 9.33. The Hall–Kier alpha value is -1.26. The Morgan fingerprint density at radius 1 is 1.26 bits per heavy atom. The molecule has 0 aliphatic heterocycles. The average Bonchev–Trinajstić information content (AvgIpc) is 2.93. The lowest BCUT2D eigenvalue weighted by Crippen LogP contribution is -2.30. The van der Waals surface area contributed by atoms with E-state index in [4.69, 9.17) is 0 Å². The third-order valence-electron chi connectivity index (χ3n) is 3.10. The molecule has 1 aromatic heterocycles. The molecule has 0 saturated carbocycles. The molecule has 0 saturated heterocycles. The molecule has 19 heavy (non-hydrogen) atoms. The van der Waals surface area contributed by atoms with Crippen LogP contribution in [0.4, 0.5) is 0 Å². The van der Waals surface area contributed by atoms with Crippen molar-refractivity contribution in [1.29, 1.82) is 0 Å². The molecule has 1 heterocycles. The van der Waals surface area contributed by atoms with Crippen LogP contribution in [0.1, 0.15) is 19.0 Å². The minimum atomic E-state index is 0.567. The first-order valence-electron chi connectivity index (χ1n) is 6.65. The summed E-state index contributed by atoms with van der Waals surface area (Å²) in [5, 5.41) is 8.15. The molecule has 1 aromatic carbocycles. The van der Waals surface area contributed by atoms with Crippen LogP contribution in [-0.4, -0.2) is 27.8 Å². The van der Waals surface area contributed by atoms with Gasteiger partial charge in [0.2, 0.25) is 0 Å². The summed E-state index contributed by atoms with van der Waals surface area (Å²) in [7, 11) is 0. The Bertz CT molecular complexity index is 481. The highest BCUT2D eigenvalue weighted by Gasteiger charge is 2.06. The molecule has 0 amide bonds. The second kappa shape index (κ2) is 7.36. The smallest absolute Gasteiger partial charge is 0.0766 e. The van der Waals surface area contributed by atoms with E-state index in [1.54, 1.807) is 0 Å². The summed E-state index contributed by atoms with van der Waals surface area (Å²) in [5.74, 6) is 1.15. The van der Waals surface area contributed by atoms with Gasteiger partial charge in [-0.3, -0.25) is 0 Å². The lowest BCUT2D eigenvalue weighted by Gasteiger charge is -2.14. The van der Waals surface area contributed by atoms with E-state index in [1.807, 2.05) is 40.8 Å². The molecule has 0 radical (unpaired) electrons. The van der Waals surface area contributed by atoms with Gasteiger partial charge in [0.15, 0.2) is 0 Å². The predicted octanol–water partition coefficient (Wildman–Crippen LogP) is 3.10. The molecule has 1 N–H and O–H groups in total. The second-order valence-electron chi connectivity index (χ2n) is 4.53. The zero-order chi connectivity index (χ0) is 13.5. The predicted molar refractivity (Wildman–Crippen MR) is 82.9 cm³/mol. The SMILES string of the molecule is CCC(CSC)NCc1ccn(-c2ccccc2)n1. The van der Waals surface area contributed by atoms with Crippen molar-refractivity contribution in [3.05, 3.63) is 48.3 Å². The summed E-state index contributed by atoms with van der Waals surface area (Å²) in [6.07, 6.45) is 5.32. The first kappa shape index (κ1) is 14.2. The van der Waals surface area contributed by atoms with Gasteiger partial charge in [0.05, 0.1) is 11.4 Å². The fourth-order valence-corrected chi connectivity index (χ4v) is 2.71. The number of aromatic nitrogens is 2. The number of hydrogen-bond donors (Lipinski definition) is 1.